The molecule has 25 heavy (non-hydrogen) atoms. The standard InChI is InChI=1S/C20H16N2O3/c1-11-4-5-12(2)18-16(11)10-17(24-18)20-21-19(22-25-20)15-8-6-14(7-9-15)13(3)23/h4-10H,1-3H3. The van der Waals surface area contributed by atoms with Gasteiger partial charge >= 0.3 is 0 Å². The second kappa shape index (κ2) is 5.70. The van der Waals surface area contributed by atoms with E-state index in [0.717, 1.165) is 27.7 Å². The summed E-state index contributed by atoms with van der Waals surface area (Å²) in [6, 6.07) is 13.1. The number of hydrogen-bond donors (Lipinski definition) is 0. The van der Waals surface area contributed by atoms with E-state index in [-0.39, 0.29) is 5.78 Å². The van der Waals surface area contributed by atoms with Crippen molar-refractivity contribution in [2.24, 2.45) is 0 Å². The van der Waals surface area contributed by atoms with E-state index in [2.05, 4.69) is 16.2 Å². The molecule has 0 aliphatic heterocycles. The van der Waals surface area contributed by atoms with Gasteiger partial charge in [0, 0.05) is 16.5 Å². The number of ketones is 1. The van der Waals surface area contributed by atoms with Gasteiger partial charge in [-0.2, -0.15) is 4.98 Å². The van der Waals surface area contributed by atoms with E-state index in [1.165, 1.54) is 6.92 Å². The molecule has 0 N–H and O–H groups in total. The van der Waals surface area contributed by atoms with Gasteiger partial charge in [0.05, 0.1) is 0 Å². The minimum Gasteiger partial charge on any atom is -0.451 e. The molecule has 0 unspecified atom stereocenters. The molecule has 0 saturated carbocycles. The molecule has 0 bridgehead atoms. The minimum absolute atomic E-state index is 0.0216. The lowest BCUT2D eigenvalue weighted by Crippen LogP contribution is -1.91. The fourth-order valence-electron chi connectivity index (χ4n) is 2.79. The molecule has 2 aromatic heterocycles. The first-order valence-electron chi connectivity index (χ1n) is 7.98. The van der Waals surface area contributed by atoms with Crippen molar-refractivity contribution in [2.45, 2.75) is 20.8 Å². The Hall–Kier alpha value is -3.21. The molecule has 0 aliphatic rings. The molecule has 4 aromatic rings. The number of nitrogens with zero attached hydrogens (tertiary/aromatic N) is 2. The van der Waals surface area contributed by atoms with Crippen molar-refractivity contribution in [1.29, 1.82) is 0 Å². The Morgan fingerprint density at radius 1 is 1.00 bits per heavy atom. The van der Waals surface area contributed by atoms with Gasteiger partial charge in [-0.05, 0) is 38.0 Å². The van der Waals surface area contributed by atoms with Gasteiger partial charge in [0.1, 0.15) is 5.58 Å². The number of aryl methyl sites for hydroxylation is 2. The van der Waals surface area contributed by atoms with E-state index in [0.29, 0.717) is 23.0 Å². The quantitative estimate of drug-likeness (QED) is 0.495. The van der Waals surface area contributed by atoms with Crippen LogP contribution in [0.15, 0.2) is 51.4 Å². The largest absolute Gasteiger partial charge is 0.451 e. The number of fused-ring (bicyclic) bond motifs is 1. The van der Waals surface area contributed by atoms with Crippen molar-refractivity contribution < 1.29 is 13.7 Å². The topological polar surface area (TPSA) is 69.1 Å². The van der Waals surface area contributed by atoms with Crippen molar-refractivity contribution >= 4 is 16.8 Å². The Kier molecular flexibility index (Phi) is 3.50. The average Bonchev–Trinajstić information content (AvgIpc) is 3.26. The van der Waals surface area contributed by atoms with Crippen LogP contribution >= 0.6 is 0 Å². The fraction of sp³-hybridized carbons (Fsp3) is 0.150. The monoisotopic (exact) mass is 332 g/mol. The molecule has 2 aromatic carbocycles. The summed E-state index contributed by atoms with van der Waals surface area (Å²) >= 11 is 0. The third-order valence-corrected chi connectivity index (χ3v) is 4.28. The highest BCUT2D eigenvalue weighted by Crippen LogP contribution is 2.31. The zero-order chi connectivity index (χ0) is 17.6. The van der Waals surface area contributed by atoms with E-state index in [9.17, 15) is 4.79 Å². The summed E-state index contributed by atoms with van der Waals surface area (Å²) in [5, 5.41) is 5.06. The molecule has 5 nitrogen and oxygen atoms in total. The van der Waals surface area contributed by atoms with E-state index in [1.54, 1.807) is 24.3 Å². The predicted molar refractivity (Wildman–Crippen MR) is 94.4 cm³/mol. The van der Waals surface area contributed by atoms with Gasteiger partial charge in [-0.15, -0.1) is 0 Å². The molecule has 0 fully saturated rings. The summed E-state index contributed by atoms with van der Waals surface area (Å²) < 4.78 is 11.3. The summed E-state index contributed by atoms with van der Waals surface area (Å²) in [7, 11) is 0. The average molecular weight is 332 g/mol. The van der Waals surface area contributed by atoms with E-state index in [4.69, 9.17) is 8.94 Å². The molecule has 4 rings (SSSR count). The van der Waals surface area contributed by atoms with Gasteiger partial charge in [0.15, 0.2) is 11.5 Å². The molecule has 0 atom stereocenters. The Morgan fingerprint density at radius 2 is 1.72 bits per heavy atom. The van der Waals surface area contributed by atoms with Crippen molar-refractivity contribution in [3.63, 3.8) is 0 Å². The second-order valence-corrected chi connectivity index (χ2v) is 6.11. The number of rotatable bonds is 3. The summed E-state index contributed by atoms with van der Waals surface area (Å²) in [4.78, 5) is 15.8. The van der Waals surface area contributed by atoms with E-state index >= 15 is 0 Å². The smallest absolute Gasteiger partial charge is 0.293 e. The Balaban J connectivity index is 1.73. The predicted octanol–water partition coefficient (Wildman–Crippen LogP) is 4.97. The van der Waals surface area contributed by atoms with Gasteiger partial charge in [-0.1, -0.05) is 41.6 Å². The van der Waals surface area contributed by atoms with Crippen molar-refractivity contribution in [1.82, 2.24) is 10.1 Å². The summed E-state index contributed by atoms with van der Waals surface area (Å²) in [5.74, 6) is 1.36. The molecule has 124 valence electrons. The second-order valence-electron chi connectivity index (χ2n) is 6.11. The number of carbonyl (C=O) groups is 1. The maximum absolute atomic E-state index is 11.4. The molecular weight excluding hydrogens is 316 g/mol. The van der Waals surface area contributed by atoms with Gasteiger partial charge in [0.25, 0.3) is 5.89 Å². The maximum atomic E-state index is 11.4. The zero-order valence-electron chi connectivity index (χ0n) is 14.2. The molecule has 0 amide bonds. The molecular formula is C20H16N2O3. The molecule has 0 saturated heterocycles. The summed E-state index contributed by atoms with van der Waals surface area (Å²) in [5.41, 5.74) is 4.46. The highest BCUT2D eigenvalue weighted by Gasteiger charge is 2.16. The lowest BCUT2D eigenvalue weighted by molar-refractivity contribution is 0.101. The van der Waals surface area contributed by atoms with Crippen LogP contribution in [-0.4, -0.2) is 15.9 Å². The van der Waals surface area contributed by atoms with E-state index < -0.39 is 0 Å². The number of aromatic nitrogens is 2. The van der Waals surface area contributed by atoms with Crippen LogP contribution in [0.5, 0.6) is 0 Å². The van der Waals surface area contributed by atoms with Crippen LogP contribution in [0.25, 0.3) is 34.0 Å². The lowest BCUT2D eigenvalue weighted by atomic mass is 10.1. The zero-order valence-corrected chi connectivity index (χ0v) is 14.2. The molecule has 2 heterocycles. The normalized spacial score (nSPS) is 11.2. The van der Waals surface area contributed by atoms with Crippen LogP contribution < -0.4 is 0 Å². The Bertz CT molecular complexity index is 1050. The van der Waals surface area contributed by atoms with Crippen molar-refractivity contribution in [3.8, 4) is 23.0 Å². The van der Waals surface area contributed by atoms with Crippen LogP contribution in [0.1, 0.15) is 28.4 Å². The first-order valence-corrected chi connectivity index (χ1v) is 7.98. The first kappa shape index (κ1) is 15.3. The number of furan rings is 1. The number of benzene rings is 2. The Labute approximate surface area is 144 Å². The molecule has 5 heteroatoms. The Morgan fingerprint density at radius 3 is 2.40 bits per heavy atom. The number of Topliss-reactive ketones (excluding diaryl/α,β-unsaturated/α-hetero) is 1. The number of carbonyl (C=O) groups excluding carboxylic acids is 1. The molecule has 0 aliphatic carbocycles. The van der Waals surface area contributed by atoms with Gasteiger partial charge in [-0.25, -0.2) is 0 Å². The third kappa shape index (κ3) is 2.63. The first-order chi connectivity index (χ1) is 12.0. The summed E-state index contributed by atoms with van der Waals surface area (Å²) in [6.07, 6.45) is 0. The molecule has 0 radical (unpaired) electrons. The van der Waals surface area contributed by atoms with Crippen molar-refractivity contribution in [3.05, 3.63) is 59.2 Å². The highest BCUT2D eigenvalue weighted by molar-refractivity contribution is 5.94. The van der Waals surface area contributed by atoms with Gasteiger partial charge in [-0.3, -0.25) is 4.79 Å². The molecule has 0 spiro atoms. The van der Waals surface area contributed by atoms with Gasteiger partial charge < -0.3 is 8.94 Å². The number of hydrogen-bond acceptors (Lipinski definition) is 5. The fourth-order valence-corrected chi connectivity index (χ4v) is 2.79. The third-order valence-electron chi connectivity index (χ3n) is 4.28. The maximum Gasteiger partial charge on any atom is 0.293 e. The summed E-state index contributed by atoms with van der Waals surface area (Å²) in [6.45, 7) is 5.58. The lowest BCUT2D eigenvalue weighted by Gasteiger charge is -1.96. The van der Waals surface area contributed by atoms with Crippen molar-refractivity contribution in [2.75, 3.05) is 0 Å². The minimum atomic E-state index is 0.0216. The SMILES string of the molecule is CC(=O)c1ccc(-c2noc(-c3cc4c(C)ccc(C)c4o3)n2)cc1. The van der Waals surface area contributed by atoms with Crippen LogP contribution in [0.4, 0.5) is 0 Å². The van der Waals surface area contributed by atoms with Crippen LogP contribution in [-0.2, 0) is 0 Å². The van der Waals surface area contributed by atoms with Gasteiger partial charge in [0.2, 0.25) is 5.82 Å². The van der Waals surface area contributed by atoms with Crippen LogP contribution in [0.3, 0.4) is 0 Å². The van der Waals surface area contributed by atoms with Crippen LogP contribution in [0.2, 0.25) is 0 Å². The highest BCUT2D eigenvalue weighted by atomic mass is 16.5. The van der Waals surface area contributed by atoms with E-state index in [1.807, 2.05) is 26.0 Å². The van der Waals surface area contributed by atoms with Crippen LogP contribution in [0, 0.1) is 13.8 Å².